The summed E-state index contributed by atoms with van der Waals surface area (Å²) >= 11 is 1.27. The fourth-order valence-electron chi connectivity index (χ4n) is 0.687. The number of carbonyl (C=O) groups is 1. The first-order chi connectivity index (χ1) is 5.75. The molecule has 0 aliphatic carbocycles. The molecule has 0 spiro atoms. The van der Waals surface area contributed by atoms with Crippen LogP contribution in [0.3, 0.4) is 0 Å². The average molecular weight is 207 g/mol. The second-order valence-corrected chi connectivity index (χ2v) is 2.83. The van der Waals surface area contributed by atoms with Crippen molar-refractivity contribution in [2.75, 3.05) is 7.11 Å². The van der Waals surface area contributed by atoms with E-state index >= 15 is 0 Å². The van der Waals surface area contributed by atoms with Crippen molar-refractivity contribution in [1.82, 2.24) is 0 Å². The van der Waals surface area contributed by atoms with Gasteiger partial charge in [-0.3, -0.25) is 0 Å². The number of hydrogen-bond donors (Lipinski definition) is 0. The fourth-order valence-corrected chi connectivity index (χ4v) is 1.38. The summed E-state index contributed by atoms with van der Waals surface area (Å²) < 4.78 is 0. The number of rotatable bonds is 3. The Morgan fingerprint density at radius 2 is 2.38 bits per heavy atom. The van der Waals surface area contributed by atoms with Crippen LogP contribution in [-0.2, 0) is 9.63 Å². The number of nitrogens with zero attached hydrogens (tertiary/aromatic N) is 1. The Kier molecular flexibility index (Phi) is 5.98. The topological polar surface area (TPSA) is 61.7 Å². The second-order valence-electron chi connectivity index (χ2n) is 1.89. The molecule has 0 saturated heterocycles. The number of hydrogen-bond acceptors (Lipinski definition) is 5. The minimum atomic E-state index is -1.33. The fraction of sp³-hybridized carbons (Fsp3) is 0.143. The van der Waals surface area contributed by atoms with Crippen molar-refractivity contribution in [2.24, 2.45) is 5.16 Å². The van der Waals surface area contributed by atoms with Crippen molar-refractivity contribution >= 4 is 23.0 Å². The Balaban J connectivity index is 0.00000144. The molecule has 6 heteroatoms. The van der Waals surface area contributed by atoms with E-state index in [0.29, 0.717) is 4.88 Å². The van der Waals surface area contributed by atoms with Gasteiger partial charge in [-0.15, -0.1) is 11.3 Å². The summed E-state index contributed by atoms with van der Waals surface area (Å²) in [6.45, 7) is 0. The predicted molar refractivity (Wildman–Crippen MR) is 42.9 cm³/mol. The van der Waals surface area contributed by atoms with Crippen LogP contribution >= 0.6 is 11.3 Å². The maximum atomic E-state index is 10.5. The van der Waals surface area contributed by atoms with E-state index in [-0.39, 0.29) is 35.3 Å². The van der Waals surface area contributed by atoms with Crippen molar-refractivity contribution in [2.45, 2.75) is 0 Å². The monoisotopic (exact) mass is 207 g/mol. The molecule has 0 saturated carbocycles. The van der Waals surface area contributed by atoms with E-state index in [1.165, 1.54) is 18.4 Å². The Hall–Kier alpha value is -0.360. The van der Waals surface area contributed by atoms with Gasteiger partial charge in [-0.2, -0.15) is 0 Å². The molecule has 0 N–H and O–H groups in total. The molecule has 0 aliphatic heterocycles. The molecule has 0 radical (unpaired) electrons. The molecule has 4 nitrogen and oxygen atoms in total. The van der Waals surface area contributed by atoms with Crippen molar-refractivity contribution in [3.63, 3.8) is 0 Å². The molecule has 1 aromatic heterocycles. The second kappa shape index (κ2) is 6.15. The molecular formula is C7H6NNaO3S. The zero-order valence-electron chi connectivity index (χ0n) is 7.31. The van der Waals surface area contributed by atoms with Gasteiger partial charge in [0.05, 0.1) is 10.8 Å². The van der Waals surface area contributed by atoms with Crippen LogP contribution in [0.2, 0.25) is 0 Å². The van der Waals surface area contributed by atoms with Crippen LogP contribution in [0.4, 0.5) is 0 Å². The van der Waals surface area contributed by atoms with Crippen LogP contribution in [0.25, 0.3) is 0 Å². The molecular weight excluding hydrogens is 201 g/mol. The number of carboxylic acids is 1. The summed E-state index contributed by atoms with van der Waals surface area (Å²) in [7, 11) is 1.29. The average Bonchev–Trinajstić information content (AvgIpc) is 2.51. The standard InChI is InChI=1S/C7H7NO3S.Na/c1-11-8-6(7(9)10)5-3-2-4-12-5;/h2-4H,1H3,(H,9,10);/q;+1/p-1/b8-6+;. The van der Waals surface area contributed by atoms with Gasteiger partial charge in [-0.05, 0) is 11.4 Å². The Morgan fingerprint density at radius 1 is 1.69 bits per heavy atom. The van der Waals surface area contributed by atoms with Crippen LogP contribution < -0.4 is 34.7 Å². The number of oxime groups is 1. The molecule has 0 fully saturated rings. The Bertz CT molecular complexity index is 297. The molecule has 0 aromatic carbocycles. The van der Waals surface area contributed by atoms with E-state index in [0.717, 1.165) is 0 Å². The van der Waals surface area contributed by atoms with Gasteiger partial charge in [0.25, 0.3) is 0 Å². The van der Waals surface area contributed by atoms with E-state index in [4.69, 9.17) is 0 Å². The maximum Gasteiger partial charge on any atom is 1.00 e. The van der Waals surface area contributed by atoms with Crippen LogP contribution in [-0.4, -0.2) is 18.8 Å². The molecule has 0 atom stereocenters. The Morgan fingerprint density at radius 3 is 2.77 bits per heavy atom. The summed E-state index contributed by atoms with van der Waals surface area (Å²) in [6.07, 6.45) is 0. The maximum absolute atomic E-state index is 10.5. The molecule has 13 heavy (non-hydrogen) atoms. The van der Waals surface area contributed by atoms with Gasteiger partial charge < -0.3 is 14.7 Å². The van der Waals surface area contributed by atoms with Crippen molar-refractivity contribution in [3.8, 4) is 0 Å². The van der Waals surface area contributed by atoms with Crippen molar-refractivity contribution in [3.05, 3.63) is 22.4 Å². The third-order valence-corrected chi connectivity index (χ3v) is 2.01. The molecule has 0 aliphatic rings. The van der Waals surface area contributed by atoms with Gasteiger partial charge in [0.15, 0.2) is 0 Å². The van der Waals surface area contributed by atoms with Gasteiger partial charge >= 0.3 is 29.6 Å². The zero-order chi connectivity index (χ0) is 8.97. The van der Waals surface area contributed by atoms with E-state index in [9.17, 15) is 9.90 Å². The van der Waals surface area contributed by atoms with Crippen molar-refractivity contribution < 1.29 is 44.3 Å². The van der Waals surface area contributed by atoms with E-state index in [1.807, 2.05) is 0 Å². The molecule has 1 heterocycles. The van der Waals surface area contributed by atoms with Gasteiger partial charge in [0.1, 0.15) is 12.8 Å². The Labute approximate surface area is 101 Å². The van der Waals surface area contributed by atoms with Crippen LogP contribution in [0, 0.1) is 0 Å². The minimum absolute atomic E-state index is 0. The minimum Gasteiger partial charge on any atom is -0.543 e. The van der Waals surface area contributed by atoms with Crippen LogP contribution in [0.15, 0.2) is 22.7 Å². The largest absolute Gasteiger partial charge is 1.00 e. The third-order valence-electron chi connectivity index (χ3n) is 1.13. The SMILES string of the molecule is CO/N=C(/C(=O)[O-])c1cccs1.[Na+]. The molecule has 64 valence electrons. The third kappa shape index (κ3) is 3.48. The molecule has 1 rings (SSSR count). The summed E-state index contributed by atoms with van der Waals surface area (Å²) in [4.78, 5) is 15.4. The normalized spacial score (nSPS) is 10.4. The van der Waals surface area contributed by atoms with E-state index < -0.39 is 5.97 Å². The van der Waals surface area contributed by atoms with Gasteiger partial charge in [-0.1, -0.05) is 11.2 Å². The smallest absolute Gasteiger partial charge is 0.543 e. The summed E-state index contributed by atoms with van der Waals surface area (Å²) in [6, 6.07) is 3.37. The molecule has 0 unspecified atom stereocenters. The molecule has 0 amide bonds. The van der Waals surface area contributed by atoms with Gasteiger partial charge in [-0.25, -0.2) is 0 Å². The van der Waals surface area contributed by atoms with Crippen LogP contribution in [0.5, 0.6) is 0 Å². The van der Waals surface area contributed by atoms with Gasteiger partial charge in [0, 0.05) is 0 Å². The molecule has 1 aromatic rings. The zero-order valence-corrected chi connectivity index (χ0v) is 10.1. The summed E-state index contributed by atoms with van der Waals surface area (Å²) in [5, 5.41) is 15.6. The first-order valence-electron chi connectivity index (χ1n) is 3.12. The first kappa shape index (κ1) is 12.6. The number of aliphatic carboxylic acids is 1. The quantitative estimate of drug-likeness (QED) is 0.299. The number of carbonyl (C=O) groups excluding carboxylic acids is 1. The summed E-state index contributed by atoms with van der Waals surface area (Å²) in [5.41, 5.74) is -0.174. The predicted octanol–water partition coefficient (Wildman–Crippen LogP) is -3.15. The first-order valence-corrected chi connectivity index (χ1v) is 4.00. The van der Waals surface area contributed by atoms with E-state index in [2.05, 4.69) is 9.99 Å². The number of thiophene rings is 1. The van der Waals surface area contributed by atoms with Crippen molar-refractivity contribution in [1.29, 1.82) is 0 Å². The molecule has 0 bridgehead atoms. The summed E-state index contributed by atoms with van der Waals surface area (Å²) in [5.74, 6) is -1.33. The number of carboxylic acid groups (broad SMARTS) is 1. The van der Waals surface area contributed by atoms with E-state index in [1.54, 1.807) is 17.5 Å². The van der Waals surface area contributed by atoms with Crippen LogP contribution in [0.1, 0.15) is 4.88 Å². The van der Waals surface area contributed by atoms with Gasteiger partial charge in [0.2, 0.25) is 0 Å².